The number of hydrogen-bond acceptors (Lipinski definition) is 9. The molecule has 11 heteroatoms. The Morgan fingerprint density at radius 3 is 1.98 bits per heavy atom. The third kappa shape index (κ3) is 16.0. The summed E-state index contributed by atoms with van der Waals surface area (Å²) >= 11 is 0. The molecule has 0 spiro atoms. The molecule has 1 aromatic carbocycles. The summed E-state index contributed by atoms with van der Waals surface area (Å²) in [7, 11) is 3.77. The minimum Gasteiger partial charge on any atom is -0.497 e. The van der Waals surface area contributed by atoms with E-state index < -0.39 is 16.7 Å². The average molecular weight is 666 g/mol. The molecule has 2 aromatic rings. The molecule has 1 aromatic heterocycles. The van der Waals surface area contributed by atoms with Crippen molar-refractivity contribution in [3.05, 3.63) is 18.2 Å². The number of fused-ring (bicyclic) bond motifs is 1. The van der Waals surface area contributed by atoms with Crippen LogP contribution < -0.4 is 25.8 Å². The first-order valence-corrected chi connectivity index (χ1v) is 17.2. The van der Waals surface area contributed by atoms with E-state index in [2.05, 4.69) is 27.5 Å². The van der Waals surface area contributed by atoms with Gasteiger partial charge in [-0.15, -0.1) is 0 Å². The molecule has 11 nitrogen and oxygen atoms in total. The minimum absolute atomic E-state index is 0. The SMILES string of the molecule is C.CC.CC.CC.CC.COc1ccc2c(NCCNC(=O)CC(C)(C)C(C)(C)CC(=O)NO)nc(N3CCCN(C)CC3)nc2c1. The lowest BCUT2D eigenvalue weighted by atomic mass is 9.64. The van der Waals surface area contributed by atoms with Crippen molar-refractivity contribution in [1.82, 2.24) is 25.7 Å². The number of benzene rings is 1. The number of hydrogen-bond donors (Lipinski definition) is 4. The number of methoxy groups -OCH3 is 1. The van der Waals surface area contributed by atoms with E-state index in [1.165, 1.54) is 0 Å². The van der Waals surface area contributed by atoms with E-state index in [1.54, 1.807) is 12.6 Å². The second-order valence-corrected chi connectivity index (χ2v) is 11.3. The topological polar surface area (TPSA) is 132 Å². The van der Waals surface area contributed by atoms with Crippen LogP contribution in [0.25, 0.3) is 10.9 Å². The van der Waals surface area contributed by atoms with Gasteiger partial charge in [-0.05, 0) is 43.0 Å². The van der Waals surface area contributed by atoms with Gasteiger partial charge in [0.2, 0.25) is 17.8 Å². The molecule has 0 aliphatic carbocycles. The van der Waals surface area contributed by atoms with Gasteiger partial charge < -0.3 is 25.2 Å². The maximum absolute atomic E-state index is 12.7. The van der Waals surface area contributed by atoms with Crippen LogP contribution in [0.4, 0.5) is 11.8 Å². The summed E-state index contributed by atoms with van der Waals surface area (Å²) in [6.45, 7) is 28.4. The van der Waals surface area contributed by atoms with Gasteiger partial charge in [0.1, 0.15) is 11.6 Å². The number of carbonyl (C=O) groups is 2. The van der Waals surface area contributed by atoms with E-state index in [9.17, 15) is 9.59 Å². The smallest absolute Gasteiger partial charge is 0.243 e. The molecule has 0 radical (unpaired) electrons. The van der Waals surface area contributed by atoms with Gasteiger partial charge in [0.05, 0.1) is 12.6 Å². The highest BCUT2D eigenvalue weighted by Gasteiger charge is 2.40. The van der Waals surface area contributed by atoms with Crippen molar-refractivity contribution in [2.75, 3.05) is 63.6 Å². The third-order valence-corrected chi connectivity index (χ3v) is 7.80. The molecule has 1 aliphatic rings. The molecule has 1 saturated heterocycles. The minimum atomic E-state index is -0.491. The van der Waals surface area contributed by atoms with Gasteiger partial charge in [0, 0.05) is 57.0 Å². The van der Waals surface area contributed by atoms with Crippen molar-refractivity contribution in [2.24, 2.45) is 10.8 Å². The molecular formula is C36H71N7O4. The zero-order valence-electron chi connectivity index (χ0n) is 31.6. The maximum Gasteiger partial charge on any atom is 0.243 e. The van der Waals surface area contributed by atoms with Crippen LogP contribution in [0.5, 0.6) is 5.75 Å². The van der Waals surface area contributed by atoms with Gasteiger partial charge in [-0.25, -0.2) is 10.5 Å². The summed E-state index contributed by atoms with van der Waals surface area (Å²) in [6, 6.07) is 5.75. The number of aromatic nitrogens is 2. The molecule has 47 heavy (non-hydrogen) atoms. The van der Waals surface area contributed by atoms with Crippen molar-refractivity contribution in [3.8, 4) is 5.75 Å². The first kappa shape index (κ1) is 48.2. The molecule has 1 aliphatic heterocycles. The van der Waals surface area contributed by atoms with Crippen LogP contribution in [0.3, 0.4) is 0 Å². The summed E-state index contributed by atoms with van der Waals surface area (Å²) < 4.78 is 5.41. The lowest BCUT2D eigenvalue weighted by Gasteiger charge is -2.40. The average Bonchev–Trinajstić information content (AvgIpc) is 3.30. The second kappa shape index (κ2) is 25.9. The zero-order chi connectivity index (χ0) is 35.9. The van der Waals surface area contributed by atoms with Crippen molar-refractivity contribution >= 4 is 34.5 Å². The summed E-state index contributed by atoms with van der Waals surface area (Å²) in [5.74, 6) is 1.58. The van der Waals surface area contributed by atoms with E-state index in [0.29, 0.717) is 19.0 Å². The van der Waals surface area contributed by atoms with Crippen LogP contribution in [-0.4, -0.2) is 85.3 Å². The standard InChI is InChI=1S/C27H43N7O4.4C2H6.CH4/c1-26(2,27(3,4)18-23(36)32-37)17-22(35)28-10-11-29-24-20-9-8-19(38-6)16-21(20)30-25(31-24)34-13-7-12-33(5)14-15-34;4*1-2;/h8-9,16,37H,7,10-15,17-18H2,1-6H3,(H,28,35)(H,32,36)(H,29,30,31);4*1-2H3;1H4. The molecule has 2 amide bonds. The molecule has 4 N–H and O–H groups in total. The normalized spacial score (nSPS) is 12.8. The van der Waals surface area contributed by atoms with E-state index in [1.807, 2.05) is 101 Å². The fraction of sp³-hybridized carbons (Fsp3) is 0.722. The molecule has 0 atom stereocenters. The van der Waals surface area contributed by atoms with Crippen LogP contribution in [-0.2, 0) is 9.59 Å². The Morgan fingerprint density at radius 1 is 0.851 bits per heavy atom. The Labute approximate surface area is 287 Å². The van der Waals surface area contributed by atoms with E-state index in [-0.39, 0.29) is 26.2 Å². The number of amides is 2. The molecule has 0 unspecified atom stereocenters. The predicted molar refractivity (Wildman–Crippen MR) is 201 cm³/mol. The van der Waals surface area contributed by atoms with Gasteiger partial charge in [0.15, 0.2) is 0 Å². The third-order valence-electron chi connectivity index (χ3n) is 7.80. The summed E-state index contributed by atoms with van der Waals surface area (Å²) in [6.07, 6.45) is 1.41. The number of carbonyl (C=O) groups excluding carboxylic acids is 2. The van der Waals surface area contributed by atoms with Gasteiger partial charge in [-0.3, -0.25) is 14.8 Å². The van der Waals surface area contributed by atoms with Crippen LogP contribution in [0, 0.1) is 10.8 Å². The fourth-order valence-corrected chi connectivity index (χ4v) is 4.51. The highest BCUT2D eigenvalue weighted by molar-refractivity contribution is 5.91. The van der Waals surface area contributed by atoms with Gasteiger partial charge in [-0.2, -0.15) is 4.98 Å². The van der Waals surface area contributed by atoms with E-state index in [4.69, 9.17) is 19.9 Å². The lowest BCUT2D eigenvalue weighted by Crippen LogP contribution is -2.41. The lowest BCUT2D eigenvalue weighted by molar-refractivity contribution is -0.135. The van der Waals surface area contributed by atoms with Crippen molar-refractivity contribution in [3.63, 3.8) is 0 Å². The Bertz CT molecular complexity index is 1130. The highest BCUT2D eigenvalue weighted by atomic mass is 16.5. The van der Waals surface area contributed by atoms with Gasteiger partial charge in [0.25, 0.3) is 0 Å². The number of anilines is 2. The second-order valence-electron chi connectivity index (χ2n) is 11.3. The highest BCUT2D eigenvalue weighted by Crippen LogP contribution is 2.43. The molecule has 274 valence electrons. The first-order valence-electron chi connectivity index (χ1n) is 17.2. The van der Waals surface area contributed by atoms with Crippen molar-refractivity contribution in [2.45, 2.75) is 110 Å². The molecule has 2 heterocycles. The van der Waals surface area contributed by atoms with Crippen LogP contribution >= 0.6 is 0 Å². The number of nitrogens with zero attached hydrogens (tertiary/aromatic N) is 4. The monoisotopic (exact) mass is 666 g/mol. The number of rotatable bonds is 11. The Morgan fingerprint density at radius 2 is 1.43 bits per heavy atom. The number of nitrogens with one attached hydrogen (secondary N) is 3. The van der Waals surface area contributed by atoms with Gasteiger partial charge >= 0.3 is 0 Å². The largest absolute Gasteiger partial charge is 0.497 e. The summed E-state index contributed by atoms with van der Waals surface area (Å²) in [4.78, 5) is 38.7. The first-order chi connectivity index (χ1) is 22.0. The van der Waals surface area contributed by atoms with Crippen molar-refractivity contribution < 1.29 is 19.5 Å². The maximum atomic E-state index is 12.7. The van der Waals surface area contributed by atoms with E-state index >= 15 is 0 Å². The molecular weight excluding hydrogens is 594 g/mol. The quantitative estimate of drug-likeness (QED) is 0.110. The van der Waals surface area contributed by atoms with Crippen LogP contribution in [0.15, 0.2) is 18.2 Å². The summed E-state index contributed by atoms with van der Waals surface area (Å²) in [5.41, 5.74) is 1.53. The van der Waals surface area contributed by atoms with E-state index in [0.717, 1.165) is 55.1 Å². The molecule has 0 bridgehead atoms. The summed E-state index contributed by atoms with van der Waals surface area (Å²) in [5, 5.41) is 16.1. The molecule has 0 saturated carbocycles. The Hall–Kier alpha value is -3.18. The fourth-order valence-electron chi connectivity index (χ4n) is 4.51. The van der Waals surface area contributed by atoms with Crippen LogP contribution in [0.1, 0.15) is 110 Å². The Balaban J connectivity index is -0.00000199. The molecule has 1 fully saturated rings. The number of hydroxylamine groups is 1. The number of ether oxygens (including phenoxy) is 1. The predicted octanol–water partition coefficient (Wildman–Crippen LogP) is 7.39. The molecule has 3 rings (SSSR count). The van der Waals surface area contributed by atoms with Crippen LogP contribution in [0.2, 0.25) is 0 Å². The number of likely N-dealkylation sites (N-methyl/N-ethyl adjacent to an activating group) is 1. The van der Waals surface area contributed by atoms with Crippen molar-refractivity contribution in [1.29, 1.82) is 0 Å². The van der Waals surface area contributed by atoms with Gasteiger partial charge in [-0.1, -0.05) is 90.5 Å². The Kier molecular flexibility index (Phi) is 26.5. The zero-order valence-corrected chi connectivity index (χ0v) is 31.6.